The van der Waals surface area contributed by atoms with Crippen molar-refractivity contribution in [2.75, 3.05) is 11.5 Å². The van der Waals surface area contributed by atoms with Crippen LogP contribution in [0.4, 0.5) is 0 Å². The molecule has 4 rings (SSSR count). The van der Waals surface area contributed by atoms with E-state index in [0.717, 1.165) is 29.2 Å². The number of carbonyl (C=O) groups excluding carboxylic acids is 1. The molecule has 1 amide bonds. The van der Waals surface area contributed by atoms with Crippen molar-refractivity contribution in [2.45, 2.75) is 26.0 Å². The van der Waals surface area contributed by atoms with E-state index in [0.29, 0.717) is 17.3 Å². The number of aryl methyl sites for hydroxylation is 1. The van der Waals surface area contributed by atoms with Gasteiger partial charge in [0.25, 0.3) is 5.91 Å². The van der Waals surface area contributed by atoms with E-state index >= 15 is 0 Å². The third-order valence-electron chi connectivity index (χ3n) is 4.40. The third kappa shape index (κ3) is 4.14. The van der Waals surface area contributed by atoms with Gasteiger partial charge in [-0.15, -0.1) is 5.10 Å². The number of aromatic nitrogens is 5. The number of nitrogens with zero attached hydrogens (tertiary/aromatic N) is 5. The predicted molar refractivity (Wildman–Crippen MR) is 106 cm³/mol. The smallest absolute Gasteiger partial charge is 0.257 e. The Labute approximate surface area is 166 Å². The summed E-state index contributed by atoms with van der Waals surface area (Å²) in [6.45, 7) is 2.20. The highest BCUT2D eigenvalue weighted by molar-refractivity contribution is 7.99. The van der Waals surface area contributed by atoms with Gasteiger partial charge in [0.1, 0.15) is 11.7 Å². The Bertz CT molecular complexity index is 953. The van der Waals surface area contributed by atoms with Crippen LogP contribution in [0, 0.1) is 6.92 Å². The molecule has 1 aliphatic rings. The molecule has 8 nitrogen and oxygen atoms in total. The SMILES string of the molecule is Cc1ccc(-n2nnnc2CNC(=O)c2cccnc2O[C@H]2CCSC2)cc1. The van der Waals surface area contributed by atoms with Crippen molar-refractivity contribution >= 4 is 17.7 Å². The van der Waals surface area contributed by atoms with Crippen molar-refractivity contribution in [3.63, 3.8) is 0 Å². The molecule has 1 fully saturated rings. The lowest BCUT2D eigenvalue weighted by Gasteiger charge is -2.14. The van der Waals surface area contributed by atoms with Crippen LogP contribution in [0.15, 0.2) is 42.6 Å². The van der Waals surface area contributed by atoms with Gasteiger partial charge in [-0.05, 0) is 53.8 Å². The lowest BCUT2D eigenvalue weighted by atomic mass is 10.2. The number of benzene rings is 1. The lowest BCUT2D eigenvalue weighted by Crippen LogP contribution is -2.26. The molecule has 1 aromatic carbocycles. The number of tetrazole rings is 1. The molecule has 0 saturated carbocycles. The number of amides is 1. The summed E-state index contributed by atoms with van der Waals surface area (Å²) in [6, 6.07) is 11.3. The van der Waals surface area contributed by atoms with Crippen molar-refractivity contribution in [1.29, 1.82) is 0 Å². The van der Waals surface area contributed by atoms with Crippen LogP contribution >= 0.6 is 11.8 Å². The van der Waals surface area contributed by atoms with Gasteiger partial charge in [-0.3, -0.25) is 4.79 Å². The predicted octanol–water partition coefficient (Wildman–Crippen LogP) is 2.18. The van der Waals surface area contributed by atoms with Crippen LogP contribution in [0.2, 0.25) is 0 Å². The zero-order valence-electron chi connectivity index (χ0n) is 15.4. The zero-order chi connectivity index (χ0) is 19.3. The van der Waals surface area contributed by atoms with Crippen molar-refractivity contribution in [3.8, 4) is 11.6 Å². The number of ether oxygens (including phenoxy) is 1. The van der Waals surface area contributed by atoms with Crippen LogP contribution in [0.1, 0.15) is 28.2 Å². The van der Waals surface area contributed by atoms with E-state index in [2.05, 4.69) is 25.8 Å². The first-order chi connectivity index (χ1) is 13.7. The Kier molecular flexibility index (Phi) is 5.52. The maximum absolute atomic E-state index is 12.7. The minimum absolute atomic E-state index is 0.0975. The summed E-state index contributed by atoms with van der Waals surface area (Å²) in [7, 11) is 0. The van der Waals surface area contributed by atoms with E-state index in [1.54, 1.807) is 23.0 Å². The minimum Gasteiger partial charge on any atom is -0.473 e. The summed E-state index contributed by atoms with van der Waals surface area (Å²) in [5.41, 5.74) is 2.40. The molecular formula is C19H20N6O2S. The van der Waals surface area contributed by atoms with E-state index < -0.39 is 0 Å². The Hall–Kier alpha value is -2.94. The van der Waals surface area contributed by atoms with E-state index in [4.69, 9.17) is 4.74 Å². The molecule has 28 heavy (non-hydrogen) atoms. The summed E-state index contributed by atoms with van der Waals surface area (Å²) in [5, 5.41) is 14.6. The molecule has 0 bridgehead atoms. The molecule has 3 heterocycles. The van der Waals surface area contributed by atoms with Crippen LogP contribution in [0.25, 0.3) is 5.69 Å². The molecule has 0 radical (unpaired) electrons. The summed E-state index contributed by atoms with van der Waals surface area (Å²) in [6.07, 6.45) is 2.69. The normalized spacial score (nSPS) is 16.1. The Morgan fingerprint density at radius 1 is 1.32 bits per heavy atom. The second kappa shape index (κ2) is 8.39. The quantitative estimate of drug-likeness (QED) is 0.682. The van der Waals surface area contributed by atoms with E-state index in [1.165, 1.54) is 0 Å². The molecule has 1 N–H and O–H groups in total. The van der Waals surface area contributed by atoms with Gasteiger partial charge in [0.2, 0.25) is 5.88 Å². The topological polar surface area (TPSA) is 94.8 Å². The highest BCUT2D eigenvalue weighted by Crippen LogP contribution is 2.24. The second-order valence-electron chi connectivity index (χ2n) is 6.48. The largest absolute Gasteiger partial charge is 0.473 e. The molecule has 9 heteroatoms. The molecule has 1 atom stereocenters. The van der Waals surface area contributed by atoms with Gasteiger partial charge >= 0.3 is 0 Å². The van der Waals surface area contributed by atoms with Gasteiger partial charge in [0.05, 0.1) is 12.2 Å². The first-order valence-electron chi connectivity index (χ1n) is 9.02. The number of carbonyl (C=O) groups is 1. The fourth-order valence-corrected chi connectivity index (χ4v) is 3.97. The molecule has 0 spiro atoms. The van der Waals surface area contributed by atoms with Gasteiger partial charge < -0.3 is 10.1 Å². The van der Waals surface area contributed by atoms with E-state index in [1.807, 2.05) is 43.0 Å². The highest BCUT2D eigenvalue weighted by atomic mass is 32.2. The van der Waals surface area contributed by atoms with Crippen molar-refractivity contribution < 1.29 is 9.53 Å². The van der Waals surface area contributed by atoms with Crippen LogP contribution < -0.4 is 10.1 Å². The standard InChI is InChI=1S/C19H20N6O2S/c1-13-4-6-14(7-5-13)25-17(22-23-24-25)11-21-18(26)16-3-2-9-20-19(16)27-15-8-10-28-12-15/h2-7,9,15H,8,10-12H2,1H3,(H,21,26)/t15-/m0/s1. The molecule has 144 valence electrons. The van der Waals surface area contributed by atoms with E-state index in [-0.39, 0.29) is 18.6 Å². The van der Waals surface area contributed by atoms with Crippen molar-refractivity contribution in [2.24, 2.45) is 0 Å². The molecule has 0 aliphatic carbocycles. The first kappa shape index (κ1) is 18.4. The summed E-state index contributed by atoms with van der Waals surface area (Å²) in [4.78, 5) is 17.0. The first-order valence-corrected chi connectivity index (χ1v) is 10.2. The summed E-state index contributed by atoms with van der Waals surface area (Å²) < 4.78 is 7.54. The van der Waals surface area contributed by atoms with Gasteiger partial charge in [-0.1, -0.05) is 17.7 Å². The number of pyridine rings is 1. The number of thioether (sulfide) groups is 1. The van der Waals surface area contributed by atoms with Gasteiger partial charge in [-0.2, -0.15) is 16.4 Å². The fraction of sp³-hybridized carbons (Fsp3) is 0.316. The molecule has 0 unspecified atom stereocenters. The van der Waals surface area contributed by atoms with Gasteiger partial charge in [0, 0.05) is 11.9 Å². The average molecular weight is 396 g/mol. The lowest BCUT2D eigenvalue weighted by molar-refractivity contribution is 0.0942. The highest BCUT2D eigenvalue weighted by Gasteiger charge is 2.21. The van der Waals surface area contributed by atoms with E-state index in [9.17, 15) is 4.79 Å². The molecular weight excluding hydrogens is 376 g/mol. The summed E-state index contributed by atoms with van der Waals surface area (Å²) >= 11 is 1.85. The minimum atomic E-state index is -0.271. The monoisotopic (exact) mass is 396 g/mol. The number of rotatable bonds is 6. The third-order valence-corrected chi connectivity index (χ3v) is 5.53. The van der Waals surface area contributed by atoms with Crippen LogP contribution in [0.5, 0.6) is 5.88 Å². The average Bonchev–Trinajstić information content (AvgIpc) is 3.39. The molecule has 1 saturated heterocycles. The maximum atomic E-state index is 12.7. The van der Waals surface area contributed by atoms with Crippen molar-refractivity contribution in [1.82, 2.24) is 30.5 Å². The number of hydrogen-bond donors (Lipinski definition) is 1. The van der Waals surface area contributed by atoms with Gasteiger partial charge in [0.15, 0.2) is 5.82 Å². The zero-order valence-corrected chi connectivity index (χ0v) is 16.2. The number of nitrogens with one attached hydrogen (secondary N) is 1. The van der Waals surface area contributed by atoms with Crippen LogP contribution in [-0.2, 0) is 6.54 Å². The molecule has 2 aromatic heterocycles. The van der Waals surface area contributed by atoms with Gasteiger partial charge in [-0.25, -0.2) is 4.98 Å². The fourth-order valence-electron chi connectivity index (χ4n) is 2.88. The Morgan fingerprint density at radius 3 is 2.96 bits per heavy atom. The van der Waals surface area contributed by atoms with Crippen molar-refractivity contribution in [3.05, 3.63) is 59.5 Å². The second-order valence-corrected chi connectivity index (χ2v) is 7.63. The number of hydrogen-bond acceptors (Lipinski definition) is 7. The maximum Gasteiger partial charge on any atom is 0.257 e. The molecule has 3 aromatic rings. The molecule has 1 aliphatic heterocycles. The van der Waals surface area contributed by atoms with Crippen LogP contribution in [0.3, 0.4) is 0 Å². The van der Waals surface area contributed by atoms with Crippen LogP contribution in [-0.4, -0.2) is 48.7 Å². The Balaban J connectivity index is 1.46. The Morgan fingerprint density at radius 2 is 2.18 bits per heavy atom. The summed E-state index contributed by atoms with van der Waals surface area (Å²) in [5.74, 6) is 2.62.